The number of rotatable bonds is 3. The Balaban J connectivity index is 2.89. The Morgan fingerprint density at radius 3 is 2.86 bits per heavy atom. The van der Waals surface area contributed by atoms with Crippen LogP contribution in [0.15, 0.2) is 34.9 Å². The van der Waals surface area contributed by atoms with Crippen molar-refractivity contribution in [2.75, 3.05) is 5.75 Å². The number of thioether (sulfide) groups is 1. The van der Waals surface area contributed by atoms with E-state index in [4.69, 9.17) is 34.8 Å². The second-order valence-electron chi connectivity index (χ2n) is 2.71. The summed E-state index contributed by atoms with van der Waals surface area (Å²) in [6.07, 6.45) is 4.05. The van der Waals surface area contributed by atoms with Crippen molar-refractivity contribution in [3.63, 3.8) is 0 Å². The van der Waals surface area contributed by atoms with Crippen LogP contribution in [0, 0.1) is 0 Å². The average Bonchev–Trinajstić information content (AvgIpc) is 2.19. The number of aliphatic hydroxyl groups is 1. The molecule has 0 fully saturated rings. The zero-order valence-corrected chi connectivity index (χ0v) is 10.3. The molecule has 0 spiro atoms. The minimum atomic E-state index is -0.869. The molecule has 0 radical (unpaired) electrons. The van der Waals surface area contributed by atoms with E-state index in [9.17, 15) is 5.11 Å². The highest BCUT2D eigenvalue weighted by Crippen LogP contribution is 2.46. The number of hydrogen-bond donors (Lipinski definition) is 1. The van der Waals surface area contributed by atoms with Crippen molar-refractivity contribution in [3.8, 4) is 0 Å². The van der Waals surface area contributed by atoms with Crippen LogP contribution >= 0.6 is 46.6 Å². The van der Waals surface area contributed by atoms with Crippen molar-refractivity contribution in [3.05, 3.63) is 34.9 Å². The van der Waals surface area contributed by atoms with Gasteiger partial charge in [-0.15, -0.1) is 18.3 Å². The Hall–Kier alpha value is 0.400. The predicted octanol–water partition coefficient (Wildman–Crippen LogP) is 3.46. The molecule has 1 nitrogen and oxygen atoms in total. The number of aliphatic hydroxyl groups excluding tert-OH is 1. The molecular formula is C9H9Cl3OS. The fourth-order valence-corrected chi connectivity index (χ4v) is 2.76. The third kappa shape index (κ3) is 2.50. The molecule has 0 aromatic rings. The van der Waals surface area contributed by atoms with Gasteiger partial charge in [0.05, 0.1) is 10.1 Å². The highest BCUT2D eigenvalue weighted by atomic mass is 35.5. The van der Waals surface area contributed by atoms with Crippen LogP contribution < -0.4 is 0 Å². The van der Waals surface area contributed by atoms with Gasteiger partial charge in [-0.1, -0.05) is 47.0 Å². The maximum absolute atomic E-state index is 9.36. The van der Waals surface area contributed by atoms with E-state index < -0.39 is 10.3 Å². The normalized spacial score (nSPS) is 32.1. The van der Waals surface area contributed by atoms with Gasteiger partial charge in [0, 0.05) is 5.75 Å². The third-order valence-corrected chi connectivity index (χ3v) is 4.70. The van der Waals surface area contributed by atoms with Gasteiger partial charge < -0.3 is 5.11 Å². The van der Waals surface area contributed by atoms with Crippen LogP contribution in [0.5, 0.6) is 0 Å². The SMILES string of the molecule is C=CCSC1(Cl)C=CC(O)C(Cl)=C1Cl. The topological polar surface area (TPSA) is 20.2 Å². The molecule has 0 saturated heterocycles. The maximum atomic E-state index is 9.36. The summed E-state index contributed by atoms with van der Waals surface area (Å²) in [5, 5.41) is 9.80. The molecule has 5 heteroatoms. The van der Waals surface area contributed by atoms with Crippen LogP contribution in [-0.2, 0) is 0 Å². The van der Waals surface area contributed by atoms with Crippen molar-refractivity contribution < 1.29 is 5.11 Å². The lowest BCUT2D eigenvalue weighted by Crippen LogP contribution is -2.23. The molecule has 0 amide bonds. The molecule has 1 aliphatic rings. The standard InChI is InChI=1S/C9H9Cl3OS/c1-2-5-14-9(12)4-3-6(13)7(10)8(9)11/h2-4,6,13H,1,5H2. The number of hydrogen-bond acceptors (Lipinski definition) is 2. The van der Waals surface area contributed by atoms with Gasteiger partial charge in [-0.05, 0) is 6.08 Å². The zero-order chi connectivity index (χ0) is 10.8. The van der Waals surface area contributed by atoms with Crippen LogP contribution in [0.1, 0.15) is 0 Å². The average molecular weight is 272 g/mol. The first-order valence-corrected chi connectivity index (χ1v) is 6.00. The minimum absolute atomic E-state index is 0.181. The summed E-state index contributed by atoms with van der Waals surface area (Å²) in [6, 6.07) is 0. The lowest BCUT2D eigenvalue weighted by atomic mass is 10.1. The van der Waals surface area contributed by atoms with Gasteiger partial charge in [0.15, 0.2) is 0 Å². The summed E-state index contributed by atoms with van der Waals surface area (Å²) in [5.74, 6) is 0.657. The van der Waals surface area contributed by atoms with Crippen LogP contribution in [0.25, 0.3) is 0 Å². The molecule has 0 heterocycles. The van der Waals surface area contributed by atoms with Gasteiger partial charge in [0.1, 0.15) is 10.3 Å². The minimum Gasteiger partial charge on any atom is -0.383 e. The third-order valence-electron chi connectivity index (χ3n) is 1.67. The van der Waals surface area contributed by atoms with E-state index in [1.165, 1.54) is 17.8 Å². The van der Waals surface area contributed by atoms with Crippen molar-refractivity contribution in [1.29, 1.82) is 0 Å². The van der Waals surface area contributed by atoms with Crippen LogP contribution in [0.3, 0.4) is 0 Å². The predicted molar refractivity (Wildman–Crippen MR) is 65.1 cm³/mol. The Labute approximate surface area is 102 Å². The molecule has 14 heavy (non-hydrogen) atoms. The van der Waals surface area contributed by atoms with Gasteiger partial charge in [-0.3, -0.25) is 0 Å². The van der Waals surface area contributed by atoms with E-state index >= 15 is 0 Å². The molecule has 0 aliphatic heterocycles. The molecule has 2 unspecified atom stereocenters. The summed E-state index contributed by atoms with van der Waals surface area (Å²) < 4.78 is -0.869. The maximum Gasteiger partial charge on any atom is 0.145 e. The summed E-state index contributed by atoms with van der Waals surface area (Å²) in [7, 11) is 0. The molecule has 1 aliphatic carbocycles. The fraction of sp³-hybridized carbons (Fsp3) is 0.333. The lowest BCUT2D eigenvalue weighted by molar-refractivity contribution is 0.264. The zero-order valence-electron chi connectivity index (χ0n) is 7.21. The van der Waals surface area contributed by atoms with Gasteiger partial charge in [0.25, 0.3) is 0 Å². The molecule has 0 aromatic heterocycles. The lowest BCUT2D eigenvalue weighted by Gasteiger charge is -2.27. The highest BCUT2D eigenvalue weighted by Gasteiger charge is 2.35. The van der Waals surface area contributed by atoms with E-state index in [0.717, 1.165) is 0 Å². The molecule has 0 aromatic carbocycles. The van der Waals surface area contributed by atoms with Crippen LogP contribution in [0.4, 0.5) is 0 Å². The highest BCUT2D eigenvalue weighted by molar-refractivity contribution is 8.02. The first-order valence-electron chi connectivity index (χ1n) is 3.88. The van der Waals surface area contributed by atoms with E-state index in [0.29, 0.717) is 5.75 Å². The smallest absolute Gasteiger partial charge is 0.145 e. The quantitative estimate of drug-likeness (QED) is 0.627. The molecule has 78 valence electrons. The summed E-state index contributed by atoms with van der Waals surface area (Å²) in [4.78, 5) is 0. The molecule has 1 rings (SSSR count). The molecule has 0 saturated carbocycles. The van der Waals surface area contributed by atoms with Gasteiger partial charge in [-0.25, -0.2) is 0 Å². The first-order chi connectivity index (χ1) is 6.51. The Bertz CT molecular complexity index is 300. The monoisotopic (exact) mass is 270 g/mol. The largest absolute Gasteiger partial charge is 0.383 e. The summed E-state index contributed by atoms with van der Waals surface area (Å²) in [5.41, 5.74) is 0. The Kier molecular flexibility index (Phi) is 4.41. The molecule has 1 N–H and O–H groups in total. The van der Waals surface area contributed by atoms with E-state index in [1.54, 1.807) is 12.2 Å². The van der Waals surface area contributed by atoms with E-state index in [-0.39, 0.29) is 10.1 Å². The van der Waals surface area contributed by atoms with E-state index in [1.807, 2.05) is 0 Å². The number of alkyl halides is 1. The molecule has 2 atom stereocenters. The van der Waals surface area contributed by atoms with Crippen molar-refractivity contribution >= 4 is 46.6 Å². The van der Waals surface area contributed by atoms with Gasteiger partial charge >= 0.3 is 0 Å². The van der Waals surface area contributed by atoms with Gasteiger partial charge in [0.2, 0.25) is 0 Å². The summed E-state index contributed by atoms with van der Waals surface area (Å²) in [6.45, 7) is 3.59. The first kappa shape index (κ1) is 12.5. The van der Waals surface area contributed by atoms with Crippen molar-refractivity contribution in [2.24, 2.45) is 0 Å². The number of halogens is 3. The Morgan fingerprint density at radius 2 is 2.29 bits per heavy atom. The molecular weight excluding hydrogens is 263 g/mol. The van der Waals surface area contributed by atoms with Crippen molar-refractivity contribution in [1.82, 2.24) is 0 Å². The summed E-state index contributed by atoms with van der Waals surface area (Å²) >= 11 is 19.4. The van der Waals surface area contributed by atoms with E-state index in [2.05, 4.69) is 6.58 Å². The van der Waals surface area contributed by atoms with Crippen molar-refractivity contribution in [2.45, 2.75) is 10.3 Å². The second-order valence-corrected chi connectivity index (χ2v) is 5.58. The second kappa shape index (κ2) is 4.95. The van der Waals surface area contributed by atoms with Crippen LogP contribution in [-0.4, -0.2) is 21.2 Å². The van der Waals surface area contributed by atoms with Gasteiger partial charge in [-0.2, -0.15) is 0 Å². The Morgan fingerprint density at radius 1 is 1.64 bits per heavy atom. The van der Waals surface area contributed by atoms with Crippen LogP contribution in [0.2, 0.25) is 0 Å². The fourth-order valence-electron chi connectivity index (χ4n) is 0.957. The molecule has 0 bridgehead atoms.